The molecule has 1 fully saturated rings. The summed E-state index contributed by atoms with van der Waals surface area (Å²) in [6.45, 7) is 3.93. The van der Waals surface area contributed by atoms with E-state index in [0.717, 1.165) is 47.0 Å². The number of carbonyl (C=O) groups is 1. The van der Waals surface area contributed by atoms with Crippen molar-refractivity contribution < 1.29 is 9.18 Å². The van der Waals surface area contributed by atoms with Crippen LogP contribution in [0.5, 0.6) is 0 Å². The molecule has 1 saturated carbocycles. The van der Waals surface area contributed by atoms with E-state index in [1.165, 1.54) is 30.9 Å². The zero-order chi connectivity index (χ0) is 23.7. The molecule has 0 spiro atoms. The van der Waals surface area contributed by atoms with Crippen molar-refractivity contribution in [2.24, 2.45) is 0 Å². The molecule has 2 aromatic carbocycles. The molecule has 0 saturated heterocycles. The molecule has 0 unspecified atom stereocenters. The molecular formula is C29H30FN3O. The summed E-state index contributed by atoms with van der Waals surface area (Å²) in [5.41, 5.74) is 7.38. The highest BCUT2D eigenvalue weighted by molar-refractivity contribution is 6.01. The van der Waals surface area contributed by atoms with E-state index in [2.05, 4.69) is 35.5 Å². The van der Waals surface area contributed by atoms with Crippen LogP contribution in [0, 0.1) is 12.7 Å². The molecule has 1 N–H and O–H groups in total. The predicted octanol–water partition coefficient (Wildman–Crippen LogP) is 6.74. The van der Waals surface area contributed by atoms with Crippen LogP contribution in [-0.2, 0) is 6.42 Å². The molecule has 0 aliphatic heterocycles. The number of fused-ring (bicyclic) bond motifs is 1. The minimum atomic E-state index is -0.200. The fourth-order valence-electron chi connectivity index (χ4n) is 5.11. The summed E-state index contributed by atoms with van der Waals surface area (Å²) in [7, 11) is 0. The van der Waals surface area contributed by atoms with Gasteiger partial charge in [0.1, 0.15) is 5.82 Å². The number of nitrogens with one attached hydrogen (secondary N) is 1. The zero-order valence-electron chi connectivity index (χ0n) is 19.8. The van der Waals surface area contributed by atoms with Crippen molar-refractivity contribution in [2.75, 3.05) is 0 Å². The van der Waals surface area contributed by atoms with Crippen LogP contribution < -0.4 is 5.32 Å². The average molecular weight is 456 g/mol. The van der Waals surface area contributed by atoms with E-state index in [-0.39, 0.29) is 17.8 Å². The van der Waals surface area contributed by atoms with E-state index in [4.69, 9.17) is 0 Å². The summed E-state index contributed by atoms with van der Waals surface area (Å²) >= 11 is 0. The van der Waals surface area contributed by atoms with E-state index in [0.29, 0.717) is 11.1 Å². The maximum atomic E-state index is 14.0. The van der Waals surface area contributed by atoms with Crippen LogP contribution in [0.4, 0.5) is 4.39 Å². The van der Waals surface area contributed by atoms with Gasteiger partial charge in [-0.15, -0.1) is 0 Å². The molecular weight excluding hydrogens is 425 g/mol. The minimum absolute atomic E-state index is 0.0595. The molecule has 1 amide bonds. The number of carbonyl (C=O) groups excluding carboxylic acids is 1. The highest BCUT2D eigenvalue weighted by atomic mass is 19.1. The molecule has 4 aromatic rings. The van der Waals surface area contributed by atoms with Crippen LogP contribution in [0.2, 0.25) is 0 Å². The lowest BCUT2D eigenvalue weighted by Crippen LogP contribution is -2.36. The van der Waals surface area contributed by atoms with Gasteiger partial charge in [-0.1, -0.05) is 50.5 Å². The van der Waals surface area contributed by atoms with Crippen molar-refractivity contribution in [2.45, 2.75) is 58.4 Å². The predicted molar refractivity (Wildman–Crippen MR) is 134 cm³/mol. The Bertz CT molecular complexity index is 1350. The molecule has 2 aromatic heterocycles. The Balaban J connectivity index is 1.58. The number of pyridine rings is 1. The third kappa shape index (κ3) is 4.23. The summed E-state index contributed by atoms with van der Waals surface area (Å²) in [6, 6.07) is 15.9. The second kappa shape index (κ2) is 9.41. The first-order valence-electron chi connectivity index (χ1n) is 12.2. The molecule has 5 heteroatoms. The summed E-state index contributed by atoms with van der Waals surface area (Å²) in [5, 5.41) is 7.63. The molecule has 4 nitrogen and oxygen atoms in total. The summed E-state index contributed by atoms with van der Waals surface area (Å²) < 4.78 is 15.8. The first-order valence-corrected chi connectivity index (χ1v) is 12.2. The van der Waals surface area contributed by atoms with Crippen molar-refractivity contribution in [1.29, 1.82) is 0 Å². The van der Waals surface area contributed by atoms with Gasteiger partial charge in [-0.2, -0.15) is 5.10 Å². The normalized spacial score (nSPS) is 14.4. The standard InChI is InChI=1S/C29H30FN3O/c1-3-20-8-7-11-24(28(20)22-12-13-26(30)19(2)16-22)21-14-15-33-27(17-21)25(18-31-33)29(34)32-23-9-5-4-6-10-23/h7-8,11-18,23H,3-6,9-10H2,1-2H3,(H,32,34). The van der Waals surface area contributed by atoms with Crippen molar-refractivity contribution in [3.63, 3.8) is 0 Å². The Morgan fingerprint density at radius 2 is 1.91 bits per heavy atom. The van der Waals surface area contributed by atoms with Crippen molar-refractivity contribution >= 4 is 11.4 Å². The SMILES string of the molecule is CCc1cccc(-c2ccn3ncc(C(=O)NC4CCCCC4)c3c2)c1-c1ccc(F)c(C)c1. The fourth-order valence-corrected chi connectivity index (χ4v) is 5.11. The van der Waals surface area contributed by atoms with Gasteiger partial charge in [0.2, 0.25) is 0 Å². The molecule has 1 aliphatic rings. The highest BCUT2D eigenvalue weighted by Gasteiger charge is 2.20. The number of hydrogen-bond acceptors (Lipinski definition) is 2. The lowest BCUT2D eigenvalue weighted by Gasteiger charge is -2.22. The second-order valence-electron chi connectivity index (χ2n) is 9.27. The van der Waals surface area contributed by atoms with Crippen molar-refractivity contribution in [3.05, 3.63) is 83.4 Å². The summed E-state index contributed by atoms with van der Waals surface area (Å²) in [4.78, 5) is 13.1. The number of amides is 1. The maximum absolute atomic E-state index is 14.0. The number of halogens is 1. The largest absolute Gasteiger partial charge is 0.349 e. The monoisotopic (exact) mass is 455 g/mol. The number of rotatable bonds is 5. The molecule has 0 radical (unpaired) electrons. The Hall–Kier alpha value is -3.47. The number of benzene rings is 2. The van der Waals surface area contributed by atoms with Crippen molar-refractivity contribution in [3.8, 4) is 22.3 Å². The Kier molecular flexibility index (Phi) is 6.18. The van der Waals surface area contributed by atoms with Gasteiger partial charge in [-0.3, -0.25) is 4.79 Å². The molecule has 174 valence electrons. The van der Waals surface area contributed by atoms with E-state index in [9.17, 15) is 9.18 Å². The lowest BCUT2D eigenvalue weighted by atomic mass is 9.89. The van der Waals surface area contributed by atoms with Crippen LogP contribution in [0.3, 0.4) is 0 Å². The summed E-state index contributed by atoms with van der Waals surface area (Å²) in [5.74, 6) is -0.260. The quantitative estimate of drug-likeness (QED) is 0.362. The van der Waals surface area contributed by atoms with Gasteiger partial charge in [-0.05, 0) is 83.8 Å². The van der Waals surface area contributed by atoms with Gasteiger partial charge in [0.05, 0.1) is 17.3 Å². The maximum Gasteiger partial charge on any atom is 0.255 e. The van der Waals surface area contributed by atoms with E-state index in [1.807, 2.05) is 30.5 Å². The number of aromatic nitrogens is 2. The molecule has 0 atom stereocenters. The first-order chi connectivity index (χ1) is 16.5. The molecule has 2 heterocycles. The minimum Gasteiger partial charge on any atom is -0.349 e. The highest BCUT2D eigenvalue weighted by Crippen LogP contribution is 2.36. The third-order valence-electron chi connectivity index (χ3n) is 7.00. The van der Waals surface area contributed by atoms with Crippen molar-refractivity contribution in [1.82, 2.24) is 14.9 Å². The number of nitrogens with zero attached hydrogens (tertiary/aromatic N) is 2. The zero-order valence-corrected chi connectivity index (χ0v) is 19.8. The molecule has 34 heavy (non-hydrogen) atoms. The molecule has 0 bridgehead atoms. The van der Waals surface area contributed by atoms with Gasteiger partial charge < -0.3 is 5.32 Å². The number of aryl methyl sites for hydroxylation is 2. The van der Waals surface area contributed by atoms with Gasteiger partial charge in [-0.25, -0.2) is 8.91 Å². The van der Waals surface area contributed by atoms with Gasteiger partial charge in [0.25, 0.3) is 5.91 Å². The van der Waals surface area contributed by atoms with Crippen LogP contribution in [0.15, 0.2) is 60.9 Å². The Labute approximate surface area is 199 Å². The summed E-state index contributed by atoms with van der Waals surface area (Å²) in [6.07, 6.45) is 10.1. The molecule has 5 rings (SSSR count). The number of hydrogen-bond donors (Lipinski definition) is 1. The Morgan fingerprint density at radius 3 is 2.68 bits per heavy atom. The third-order valence-corrected chi connectivity index (χ3v) is 7.00. The second-order valence-corrected chi connectivity index (χ2v) is 9.27. The van der Waals surface area contributed by atoms with Crippen LogP contribution in [-0.4, -0.2) is 21.6 Å². The topological polar surface area (TPSA) is 46.4 Å². The average Bonchev–Trinajstić information content (AvgIpc) is 3.29. The van der Waals surface area contributed by atoms with Gasteiger partial charge in [0, 0.05) is 12.2 Å². The van der Waals surface area contributed by atoms with Gasteiger partial charge in [0.15, 0.2) is 0 Å². The van der Waals surface area contributed by atoms with Crippen LogP contribution >= 0.6 is 0 Å². The fraction of sp³-hybridized carbons (Fsp3) is 0.310. The molecule has 1 aliphatic carbocycles. The van der Waals surface area contributed by atoms with Crippen LogP contribution in [0.1, 0.15) is 60.5 Å². The van der Waals surface area contributed by atoms with Crippen LogP contribution in [0.25, 0.3) is 27.8 Å². The van der Waals surface area contributed by atoms with E-state index < -0.39 is 0 Å². The first kappa shape index (κ1) is 22.3. The smallest absolute Gasteiger partial charge is 0.255 e. The Morgan fingerprint density at radius 1 is 1.09 bits per heavy atom. The lowest BCUT2D eigenvalue weighted by molar-refractivity contribution is 0.0929. The van der Waals surface area contributed by atoms with E-state index >= 15 is 0 Å². The van der Waals surface area contributed by atoms with Gasteiger partial charge >= 0.3 is 0 Å². The van der Waals surface area contributed by atoms with E-state index in [1.54, 1.807) is 17.6 Å².